The monoisotopic (exact) mass is 1540 g/mol. The van der Waals surface area contributed by atoms with Gasteiger partial charge in [-0.3, -0.25) is 7.32 Å². The molecule has 0 aromatic heterocycles. The zero-order chi connectivity index (χ0) is 80.7. The summed E-state index contributed by atoms with van der Waals surface area (Å²) in [5, 5.41) is 25.2. The first-order chi connectivity index (χ1) is 53.1. The number of rotatable bonds is 90. The van der Waals surface area contributed by atoms with E-state index in [0.717, 1.165) is 0 Å². The molecule has 660 valence electrons. The summed E-state index contributed by atoms with van der Waals surface area (Å²) in [5.74, 6) is 0. The van der Waals surface area contributed by atoms with Crippen LogP contribution in [0.2, 0.25) is 0 Å². The van der Waals surface area contributed by atoms with Crippen LogP contribution in [0.3, 0.4) is 0 Å². The quantitative estimate of drug-likeness (QED) is 0.0346. The minimum atomic E-state index is -2.92. The first kappa shape index (κ1) is 115. The largest absolute Gasteiger partial charge is 0.907 e. The lowest BCUT2D eigenvalue weighted by Crippen LogP contribution is -2.56. The SMILES string of the molecule is CCCCCCCCCCCCCCCC[N+](C)(C)CCCCCCCCCCCCCCCC.CCCCCCCCCCCCCCCC[N+](C)(C)CCCCCCCCCCCCCCCC.CCCCCCCCCCCCCCCC[N+](C)(C)CCCCCCCCCCCCCCCC.[O-]B([O-])[O-]. The molecule has 0 fully saturated rings. The van der Waals surface area contributed by atoms with E-state index in [1.54, 1.807) is 0 Å². The van der Waals surface area contributed by atoms with E-state index in [9.17, 15) is 0 Å². The van der Waals surface area contributed by atoms with Gasteiger partial charge < -0.3 is 28.5 Å². The molecule has 0 spiro atoms. The molecular formula is C102H216BN3O3. The molecule has 0 saturated carbocycles. The molecule has 0 unspecified atom stereocenters. The van der Waals surface area contributed by atoms with Crippen molar-refractivity contribution in [1.29, 1.82) is 0 Å². The van der Waals surface area contributed by atoms with Crippen molar-refractivity contribution in [3.05, 3.63) is 0 Å². The van der Waals surface area contributed by atoms with Gasteiger partial charge in [0.2, 0.25) is 0 Å². The average Bonchev–Trinajstić information content (AvgIpc) is 0.990. The molecule has 0 aliphatic carbocycles. The Morgan fingerprint density at radius 2 is 0.174 bits per heavy atom. The molecule has 6 nitrogen and oxygen atoms in total. The standard InChI is InChI=1S/3C34H72N.BO3/c3*1-5-7-9-11-13-15-17-19-21-23-25-27-29-31-33-35(3,4)34-32-30-28-26-24-22-20-18-16-14-12-10-8-6-2;2-1(3)4/h3*5-34H2,1-4H3;/q3*+1;-3. The fourth-order valence-electron chi connectivity index (χ4n) is 16.7. The van der Waals surface area contributed by atoms with Gasteiger partial charge in [0.1, 0.15) is 0 Å². The highest BCUT2D eigenvalue weighted by Gasteiger charge is 2.16. The minimum Gasteiger partial charge on any atom is -0.907 e. The van der Waals surface area contributed by atoms with Crippen LogP contribution in [0.15, 0.2) is 0 Å². The van der Waals surface area contributed by atoms with Crippen molar-refractivity contribution in [2.75, 3.05) is 81.6 Å². The first-order valence-corrected chi connectivity index (χ1v) is 51.5. The Morgan fingerprint density at radius 1 is 0.119 bits per heavy atom. The summed E-state index contributed by atoms with van der Waals surface area (Å²) >= 11 is 0. The van der Waals surface area contributed by atoms with E-state index in [1.165, 1.54) is 592 Å². The topological polar surface area (TPSA) is 69.2 Å². The second kappa shape index (κ2) is 100. The van der Waals surface area contributed by atoms with Crippen LogP contribution in [0.25, 0.3) is 0 Å². The Hall–Kier alpha value is -0.175. The van der Waals surface area contributed by atoms with Gasteiger partial charge in [-0.2, -0.15) is 0 Å². The molecule has 109 heavy (non-hydrogen) atoms. The maximum Gasteiger partial charge on any atom is 0.0782 e. The molecule has 0 heterocycles. The zero-order valence-corrected chi connectivity index (χ0v) is 78.8. The van der Waals surface area contributed by atoms with E-state index >= 15 is 0 Å². The van der Waals surface area contributed by atoms with Gasteiger partial charge in [0.05, 0.1) is 81.6 Å². The van der Waals surface area contributed by atoms with Gasteiger partial charge in [0, 0.05) is 0 Å². The van der Waals surface area contributed by atoms with Crippen LogP contribution in [-0.2, 0) is 0 Å². The van der Waals surface area contributed by atoms with Crippen LogP contribution >= 0.6 is 0 Å². The van der Waals surface area contributed by atoms with Gasteiger partial charge in [0.25, 0.3) is 0 Å². The molecule has 0 aliphatic heterocycles. The lowest BCUT2D eigenvalue weighted by atomic mass is 10.0. The maximum absolute atomic E-state index is 8.42. The zero-order valence-electron chi connectivity index (χ0n) is 78.8. The second-order valence-electron chi connectivity index (χ2n) is 38.0. The number of hydrogen-bond donors (Lipinski definition) is 0. The average molecular weight is 1540 g/mol. The third-order valence-electron chi connectivity index (χ3n) is 24.7. The molecule has 0 aromatic carbocycles. The van der Waals surface area contributed by atoms with Crippen molar-refractivity contribution >= 4 is 7.32 Å². The third-order valence-corrected chi connectivity index (χ3v) is 24.7. The van der Waals surface area contributed by atoms with Gasteiger partial charge in [-0.15, -0.1) is 0 Å². The van der Waals surface area contributed by atoms with E-state index < -0.39 is 7.32 Å². The van der Waals surface area contributed by atoms with E-state index in [2.05, 4.69) is 83.8 Å². The molecule has 0 saturated heterocycles. The summed E-state index contributed by atoms with van der Waals surface area (Å²) in [6, 6.07) is 0. The highest BCUT2D eigenvalue weighted by molar-refractivity contribution is 6.24. The Balaban J connectivity index is -0.000000739. The van der Waals surface area contributed by atoms with Crippen molar-refractivity contribution < 1.29 is 28.5 Å². The highest BCUT2D eigenvalue weighted by atomic mass is 16.5. The molecule has 0 rings (SSSR count). The fraction of sp³-hybridized carbons (Fsp3) is 1.00. The summed E-state index contributed by atoms with van der Waals surface area (Å²) in [5.41, 5.74) is 0. The third kappa shape index (κ3) is 116. The Labute approximate surface area is 694 Å². The van der Waals surface area contributed by atoms with E-state index in [0.29, 0.717) is 0 Å². The molecule has 7 heteroatoms. The Bertz CT molecular complexity index is 1270. The molecule has 0 atom stereocenters. The summed E-state index contributed by atoms with van der Waals surface area (Å²) in [6.07, 6.45) is 123. The number of hydrogen-bond acceptors (Lipinski definition) is 3. The predicted molar refractivity (Wildman–Crippen MR) is 493 cm³/mol. The minimum absolute atomic E-state index is 1.25. The Morgan fingerprint density at radius 3 is 0.239 bits per heavy atom. The normalized spacial score (nSPS) is 11.8. The second-order valence-corrected chi connectivity index (χ2v) is 38.0. The van der Waals surface area contributed by atoms with Gasteiger partial charge >= 0.3 is 0 Å². The summed E-state index contributed by atoms with van der Waals surface area (Å²) in [4.78, 5) is 0. The fourth-order valence-corrected chi connectivity index (χ4v) is 16.7. The van der Waals surface area contributed by atoms with Crippen molar-refractivity contribution in [1.82, 2.24) is 0 Å². The van der Waals surface area contributed by atoms with Crippen LogP contribution in [0.5, 0.6) is 0 Å². The van der Waals surface area contributed by atoms with Crippen molar-refractivity contribution in [2.45, 2.75) is 581 Å². The Kier molecular flexibility index (Phi) is 106. The first-order valence-electron chi connectivity index (χ1n) is 51.5. The summed E-state index contributed by atoms with van der Waals surface area (Å²) in [7, 11) is 11.9. The van der Waals surface area contributed by atoms with Gasteiger partial charge in [-0.05, 0) is 77.0 Å². The van der Waals surface area contributed by atoms with Gasteiger partial charge in [0.15, 0.2) is 0 Å². The molecule has 0 radical (unpaired) electrons. The number of nitrogens with zero attached hydrogens (tertiary/aromatic N) is 3. The van der Waals surface area contributed by atoms with Gasteiger partial charge in [-0.25, -0.2) is 0 Å². The van der Waals surface area contributed by atoms with Crippen molar-refractivity contribution in [2.24, 2.45) is 0 Å². The molecule has 0 amide bonds. The van der Waals surface area contributed by atoms with Gasteiger partial charge in [-0.1, -0.05) is 504 Å². The van der Waals surface area contributed by atoms with E-state index in [-0.39, 0.29) is 0 Å². The lowest BCUT2D eigenvalue weighted by Gasteiger charge is -2.35. The molecule has 0 bridgehead atoms. The van der Waals surface area contributed by atoms with Crippen molar-refractivity contribution in [3.8, 4) is 0 Å². The van der Waals surface area contributed by atoms with Crippen LogP contribution in [-0.4, -0.2) is 102 Å². The van der Waals surface area contributed by atoms with Crippen LogP contribution < -0.4 is 15.1 Å². The number of quaternary nitrogens is 3. The molecule has 0 aromatic rings. The van der Waals surface area contributed by atoms with Crippen LogP contribution in [0.1, 0.15) is 581 Å². The molecular weight excluding hydrogens is 1330 g/mol. The van der Waals surface area contributed by atoms with Crippen LogP contribution in [0.4, 0.5) is 0 Å². The summed E-state index contributed by atoms with van der Waals surface area (Å²) < 4.78 is 3.74. The molecule has 0 aliphatic rings. The lowest BCUT2D eigenvalue weighted by molar-refractivity contribution is -0.890. The molecule has 0 N–H and O–H groups in total. The van der Waals surface area contributed by atoms with E-state index in [4.69, 9.17) is 15.1 Å². The van der Waals surface area contributed by atoms with Crippen molar-refractivity contribution in [3.63, 3.8) is 0 Å². The summed E-state index contributed by atoms with van der Waals surface area (Å²) in [6.45, 7) is 22.2. The predicted octanol–water partition coefficient (Wildman–Crippen LogP) is 32.1. The van der Waals surface area contributed by atoms with E-state index in [1.807, 2.05) is 0 Å². The smallest absolute Gasteiger partial charge is 0.0782 e. The van der Waals surface area contributed by atoms with Crippen LogP contribution in [0, 0.1) is 0 Å². The maximum atomic E-state index is 8.42. The number of unbranched alkanes of at least 4 members (excludes halogenated alkanes) is 78. The highest BCUT2D eigenvalue weighted by Crippen LogP contribution is 2.22.